The Morgan fingerprint density at radius 3 is 2.36 bits per heavy atom. The van der Waals surface area contributed by atoms with Gasteiger partial charge in [-0.25, -0.2) is 14.8 Å². The Bertz CT molecular complexity index is 1070. The number of pyridine rings is 2. The Morgan fingerprint density at radius 2 is 1.76 bits per heavy atom. The first-order valence-corrected chi connectivity index (χ1v) is 12.0. The maximum atomic E-state index is 13.1. The molecule has 2 aromatic heterocycles. The van der Waals surface area contributed by atoms with E-state index in [9.17, 15) is 9.59 Å². The minimum atomic E-state index is -0.394. The van der Waals surface area contributed by atoms with Crippen molar-refractivity contribution in [1.29, 1.82) is 0 Å². The number of aromatic nitrogens is 2. The van der Waals surface area contributed by atoms with Crippen LogP contribution in [0.15, 0.2) is 30.6 Å². The molecule has 0 spiro atoms. The molecule has 4 fully saturated rings. The third kappa shape index (κ3) is 3.92. The zero-order chi connectivity index (χ0) is 22.5. The summed E-state index contributed by atoms with van der Waals surface area (Å²) in [7, 11) is 0. The van der Waals surface area contributed by atoms with Gasteiger partial charge in [0.25, 0.3) is 5.91 Å². The van der Waals surface area contributed by atoms with Crippen LogP contribution in [0.25, 0.3) is 0 Å². The zero-order valence-corrected chi connectivity index (χ0v) is 18.9. The van der Waals surface area contributed by atoms with Crippen LogP contribution >= 0.6 is 0 Å². The third-order valence-electron chi connectivity index (χ3n) is 7.18. The van der Waals surface area contributed by atoms with Crippen LogP contribution in [0, 0.1) is 0 Å². The number of rotatable bonds is 5. The van der Waals surface area contributed by atoms with E-state index in [0.717, 1.165) is 24.8 Å². The molecular weight excluding hydrogens is 418 g/mol. The molecule has 1 atom stereocenters. The average molecular weight is 448 g/mol. The highest BCUT2D eigenvalue weighted by atomic mass is 16.6. The molecule has 0 bridgehead atoms. The summed E-state index contributed by atoms with van der Waals surface area (Å²) in [6, 6.07) is 5.81. The van der Waals surface area contributed by atoms with Crippen molar-refractivity contribution in [2.24, 2.45) is 0 Å². The average Bonchev–Trinajstić information content (AvgIpc) is 3.77. The number of carbonyl (C=O) groups excluding carboxylic acids is 2. The molecule has 2 saturated heterocycles. The summed E-state index contributed by atoms with van der Waals surface area (Å²) in [6.07, 6.45) is 8.35. The highest BCUT2D eigenvalue weighted by Crippen LogP contribution is 2.47. The minimum absolute atomic E-state index is 0.0230. The van der Waals surface area contributed by atoms with Gasteiger partial charge in [0, 0.05) is 38.6 Å². The number of carbonyl (C=O) groups is 2. The molecule has 2 amide bonds. The van der Waals surface area contributed by atoms with Crippen LogP contribution in [0.1, 0.15) is 65.9 Å². The monoisotopic (exact) mass is 447 g/mol. The number of ether oxygens (including phenoxy) is 1. The summed E-state index contributed by atoms with van der Waals surface area (Å²) in [5.74, 6) is 2.99. The first-order chi connectivity index (χ1) is 16.1. The van der Waals surface area contributed by atoms with Gasteiger partial charge >= 0.3 is 6.09 Å². The van der Waals surface area contributed by atoms with Crippen LogP contribution in [0.2, 0.25) is 0 Å². The second-order valence-corrected chi connectivity index (χ2v) is 9.71. The fourth-order valence-corrected chi connectivity index (χ4v) is 4.88. The molecule has 33 heavy (non-hydrogen) atoms. The van der Waals surface area contributed by atoms with E-state index in [1.807, 2.05) is 11.8 Å². The van der Waals surface area contributed by atoms with E-state index >= 15 is 0 Å². The second-order valence-electron chi connectivity index (χ2n) is 9.71. The van der Waals surface area contributed by atoms with Gasteiger partial charge in [-0.05, 0) is 67.7 Å². The molecule has 2 aliphatic carbocycles. The standard InChI is InChI=1S/C25H29N5O3/c1-16-15-33-25(32)30(16)22-7-6-19(13-26-22)24(31)29-10-8-28(9-11-29)23-21(18-4-5-18)12-20(14-27-23)17-2-3-17/h6-7,12-14,16-18H,2-5,8-11,15H2,1H3. The van der Waals surface area contributed by atoms with Crippen molar-refractivity contribution >= 4 is 23.6 Å². The Labute approximate surface area is 193 Å². The predicted octanol–water partition coefficient (Wildman–Crippen LogP) is 3.54. The minimum Gasteiger partial charge on any atom is -0.447 e. The molecule has 2 saturated carbocycles. The number of piperazine rings is 1. The molecule has 1 unspecified atom stereocenters. The van der Waals surface area contributed by atoms with Gasteiger partial charge < -0.3 is 14.5 Å². The number of anilines is 2. The zero-order valence-electron chi connectivity index (χ0n) is 18.9. The molecule has 8 nitrogen and oxygen atoms in total. The van der Waals surface area contributed by atoms with Gasteiger partial charge in [-0.2, -0.15) is 0 Å². The Kier molecular flexibility index (Phi) is 4.96. The first-order valence-electron chi connectivity index (χ1n) is 12.0. The highest BCUT2D eigenvalue weighted by Gasteiger charge is 2.34. The van der Waals surface area contributed by atoms with E-state index in [1.54, 1.807) is 18.3 Å². The number of hydrogen-bond acceptors (Lipinski definition) is 6. The lowest BCUT2D eigenvalue weighted by Crippen LogP contribution is -2.49. The van der Waals surface area contributed by atoms with Gasteiger partial charge in [-0.3, -0.25) is 9.69 Å². The van der Waals surface area contributed by atoms with Crippen molar-refractivity contribution in [3.8, 4) is 0 Å². The molecule has 4 heterocycles. The van der Waals surface area contributed by atoms with E-state index in [1.165, 1.54) is 41.7 Å². The third-order valence-corrected chi connectivity index (χ3v) is 7.18. The Balaban J connectivity index is 1.11. The van der Waals surface area contributed by atoms with Crippen molar-refractivity contribution in [2.75, 3.05) is 42.6 Å². The molecule has 2 aromatic rings. The van der Waals surface area contributed by atoms with Crippen LogP contribution in [0.3, 0.4) is 0 Å². The summed E-state index contributed by atoms with van der Waals surface area (Å²) in [5, 5.41) is 0. The van der Waals surface area contributed by atoms with E-state index in [-0.39, 0.29) is 11.9 Å². The van der Waals surface area contributed by atoms with Crippen molar-refractivity contribution in [3.05, 3.63) is 47.3 Å². The van der Waals surface area contributed by atoms with Gasteiger partial charge in [0.2, 0.25) is 0 Å². The summed E-state index contributed by atoms with van der Waals surface area (Å²) >= 11 is 0. The fourth-order valence-electron chi connectivity index (χ4n) is 4.88. The van der Waals surface area contributed by atoms with Gasteiger partial charge in [0.05, 0.1) is 11.6 Å². The molecule has 0 radical (unpaired) electrons. The van der Waals surface area contributed by atoms with Crippen molar-refractivity contribution < 1.29 is 14.3 Å². The lowest BCUT2D eigenvalue weighted by molar-refractivity contribution is 0.0746. The predicted molar refractivity (Wildman–Crippen MR) is 124 cm³/mol. The van der Waals surface area contributed by atoms with E-state index < -0.39 is 6.09 Å². The summed E-state index contributed by atoms with van der Waals surface area (Å²) in [5.41, 5.74) is 3.36. The maximum Gasteiger partial charge on any atom is 0.415 e. The molecule has 8 heteroatoms. The van der Waals surface area contributed by atoms with Crippen LogP contribution in [-0.2, 0) is 4.74 Å². The summed E-state index contributed by atoms with van der Waals surface area (Å²) in [4.78, 5) is 40.0. The van der Waals surface area contributed by atoms with Crippen molar-refractivity contribution in [3.63, 3.8) is 0 Å². The first kappa shape index (κ1) is 20.4. The Hall–Kier alpha value is -3.16. The number of nitrogens with zero attached hydrogens (tertiary/aromatic N) is 5. The van der Waals surface area contributed by atoms with E-state index in [2.05, 4.69) is 22.1 Å². The molecular formula is C25H29N5O3. The summed E-state index contributed by atoms with van der Waals surface area (Å²) < 4.78 is 5.06. The fraction of sp³-hybridized carbons (Fsp3) is 0.520. The van der Waals surface area contributed by atoms with Gasteiger partial charge in [-0.15, -0.1) is 0 Å². The van der Waals surface area contributed by atoms with Gasteiger partial charge in [0.1, 0.15) is 18.2 Å². The topological polar surface area (TPSA) is 78.9 Å². The molecule has 172 valence electrons. The van der Waals surface area contributed by atoms with Crippen LogP contribution in [0.4, 0.5) is 16.4 Å². The maximum absolute atomic E-state index is 13.1. The number of hydrogen-bond donors (Lipinski definition) is 0. The Morgan fingerprint density at radius 1 is 1.00 bits per heavy atom. The van der Waals surface area contributed by atoms with Crippen LogP contribution < -0.4 is 9.80 Å². The molecule has 0 N–H and O–H groups in total. The van der Waals surface area contributed by atoms with Crippen molar-refractivity contribution in [1.82, 2.24) is 14.9 Å². The lowest BCUT2D eigenvalue weighted by atomic mass is 10.1. The summed E-state index contributed by atoms with van der Waals surface area (Å²) in [6.45, 7) is 5.15. The molecule has 0 aromatic carbocycles. The van der Waals surface area contributed by atoms with Crippen LogP contribution in [0.5, 0.6) is 0 Å². The van der Waals surface area contributed by atoms with Gasteiger partial charge in [-0.1, -0.05) is 6.07 Å². The number of amides is 2. The van der Waals surface area contributed by atoms with Gasteiger partial charge in [0.15, 0.2) is 0 Å². The quantitative estimate of drug-likeness (QED) is 0.698. The van der Waals surface area contributed by atoms with Crippen molar-refractivity contribution in [2.45, 2.75) is 50.5 Å². The lowest BCUT2D eigenvalue weighted by Gasteiger charge is -2.36. The normalized spacial score (nSPS) is 23.1. The van der Waals surface area contributed by atoms with E-state index in [4.69, 9.17) is 9.72 Å². The molecule has 4 aliphatic rings. The highest BCUT2D eigenvalue weighted by molar-refractivity contribution is 5.95. The van der Waals surface area contributed by atoms with E-state index in [0.29, 0.717) is 37.0 Å². The molecule has 6 rings (SSSR count). The number of cyclic esters (lactones) is 1. The molecule has 2 aliphatic heterocycles. The van der Waals surface area contributed by atoms with Crippen LogP contribution in [-0.4, -0.2) is 65.7 Å². The second kappa shape index (κ2) is 8.01. The largest absolute Gasteiger partial charge is 0.447 e. The smallest absolute Gasteiger partial charge is 0.415 e. The SMILES string of the molecule is CC1COC(=O)N1c1ccc(C(=O)N2CCN(c3ncc(C4CC4)cc3C3CC3)CC2)cn1.